The number of halogens is 3. The van der Waals surface area contributed by atoms with Gasteiger partial charge in [-0.1, -0.05) is 0 Å². The molecule has 1 aliphatic rings. The number of anilines is 1. The highest BCUT2D eigenvalue weighted by Crippen LogP contribution is 2.24. The number of hydrogen-bond donors (Lipinski definition) is 2. The van der Waals surface area contributed by atoms with Crippen molar-refractivity contribution in [3.63, 3.8) is 0 Å². The van der Waals surface area contributed by atoms with E-state index in [0.717, 1.165) is 38.5 Å². The number of benzene rings is 1. The van der Waals surface area contributed by atoms with E-state index in [1.54, 1.807) is 0 Å². The Kier molecular flexibility index (Phi) is 4.34. The summed E-state index contributed by atoms with van der Waals surface area (Å²) in [6, 6.07) is 2.35. The first-order valence-corrected chi connectivity index (χ1v) is 6.55. The van der Waals surface area contributed by atoms with Crippen molar-refractivity contribution in [2.75, 3.05) is 25.0 Å². The first-order valence-electron chi connectivity index (χ1n) is 5.76. The van der Waals surface area contributed by atoms with E-state index in [1.165, 1.54) is 6.07 Å². The third-order valence-corrected chi connectivity index (χ3v) is 3.66. The number of nitrogens with one attached hydrogen (secondary N) is 2. The van der Waals surface area contributed by atoms with Crippen molar-refractivity contribution in [3.8, 4) is 0 Å². The molecule has 2 N–H and O–H groups in total. The summed E-state index contributed by atoms with van der Waals surface area (Å²) in [5.41, 5.74) is 0.358. The van der Waals surface area contributed by atoms with Crippen LogP contribution in [-0.2, 0) is 0 Å². The zero-order chi connectivity index (χ0) is 12.3. The van der Waals surface area contributed by atoms with Gasteiger partial charge in [-0.3, -0.25) is 0 Å². The zero-order valence-corrected chi connectivity index (χ0v) is 11.0. The monoisotopic (exact) mass is 304 g/mol. The minimum absolute atomic E-state index is 0.284. The Hall–Kier alpha value is -0.680. The molecule has 1 heterocycles. The van der Waals surface area contributed by atoms with Gasteiger partial charge in [0, 0.05) is 12.6 Å². The van der Waals surface area contributed by atoms with Crippen LogP contribution < -0.4 is 10.6 Å². The molecule has 0 saturated carbocycles. The van der Waals surface area contributed by atoms with Crippen molar-refractivity contribution >= 4 is 21.6 Å². The highest BCUT2D eigenvalue weighted by molar-refractivity contribution is 9.10. The predicted octanol–water partition coefficient (Wildman–Crippen LogP) is 3.14. The van der Waals surface area contributed by atoms with Crippen LogP contribution in [0, 0.1) is 17.6 Å². The number of hydrogen-bond acceptors (Lipinski definition) is 2. The molecule has 1 aromatic carbocycles. The third kappa shape index (κ3) is 3.39. The second-order valence-corrected chi connectivity index (χ2v) is 5.17. The maximum absolute atomic E-state index is 13.4. The fourth-order valence-corrected chi connectivity index (χ4v) is 2.34. The Morgan fingerprint density at radius 1 is 1.24 bits per heavy atom. The van der Waals surface area contributed by atoms with Crippen molar-refractivity contribution in [2.24, 2.45) is 5.92 Å². The largest absolute Gasteiger partial charge is 0.382 e. The van der Waals surface area contributed by atoms with Crippen molar-refractivity contribution in [1.29, 1.82) is 0 Å². The van der Waals surface area contributed by atoms with Crippen molar-refractivity contribution < 1.29 is 8.78 Å². The van der Waals surface area contributed by atoms with E-state index >= 15 is 0 Å². The average Bonchev–Trinajstić information content (AvgIpc) is 2.33. The lowest BCUT2D eigenvalue weighted by atomic mass is 9.98. The molecule has 1 fully saturated rings. The molecule has 2 nitrogen and oxygen atoms in total. The van der Waals surface area contributed by atoms with E-state index in [-0.39, 0.29) is 4.47 Å². The lowest BCUT2D eigenvalue weighted by molar-refractivity contribution is 0.389. The summed E-state index contributed by atoms with van der Waals surface area (Å²) < 4.78 is 26.8. The highest BCUT2D eigenvalue weighted by atomic mass is 79.9. The average molecular weight is 305 g/mol. The minimum atomic E-state index is -0.574. The second kappa shape index (κ2) is 5.78. The van der Waals surface area contributed by atoms with E-state index in [2.05, 4.69) is 26.6 Å². The second-order valence-electron chi connectivity index (χ2n) is 4.32. The van der Waals surface area contributed by atoms with Gasteiger partial charge in [0.15, 0.2) is 0 Å². The fraction of sp³-hybridized carbons (Fsp3) is 0.500. The van der Waals surface area contributed by atoms with Crippen molar-refractivity contribution in [1.82, 2.24) is 5.32 Å². The Labute approximate surface area is 108 Å². The van der Waals surface area contributed by atoms with Gasteiger partial charge in [-0.25, -0.2) is 8.78 Å². The summed E-state index contributed by atoms with van der Waals surface area (Å²) in [6.07, 6.45) is 2.19. The number of rotatable bonds is 3. The summed E-state index contributed by atoms with van der Waals surface area (Å²) >= 11 is 3.05. The van der Waals surface area contributed by atoms with E-state index in [0.29, 0.717) is 11.6 Å². The van der Waals surface area contributed by atoms with Gasteiger partial charge in [-0.15, -0.1) is 0 Å². The topological polar surface area (TPSA) is 24.1 Å². The summed E-state index contributed by atoms with van der Waals surface area (Å²) in [4.78, 5) is 0. The zero-order valence-electron chi connectivity index (χ0n) is 9.40. The van der Waals surface area contributed by atoms with E-state index in [4.69, 9.17) is 0 Å². The van der Waals surface area contributed by atoms with Crippen LogP contribution >= 0.6 is 15.9 Å². The van der Waals surface area contributed by atoms with Gasteiger partial charge >= 0.3 is 0 Å². The minimum Gasteiger partial charge on any atom is -0.382 e. The molecule has 94 valence electrons. The predicted molar refractivity (Wildman–Crippen MR) is 68.1 cm³/mol. The van der Waals surface area contributed by atoms with Crippen LogP contribution in [0.1, 0.15) is 12.8 Å². The normalized spacial score (nSPS) is 17.1. The quantitative estimate of drug-likeness (QED) is 0.838. The van der Waals surface area contributed by atoms with Crippen LogP contribution in [0.3, 0.4) is 0 Å². The molecule has 0 unspecified atom stereocenters. The molecular weight excluding hydrogens is 290 g/mol. The van der Waals surface area contributed by atoms with Gasteiger partial charge < -0.3 is 10.6 Å². The summed E-state index contributed by atoms with van der Waals surface area (Å²) in [5, 5.41) is 6.33. The summed E-state index contributed by atoms with van der Waals surface area (Å²) in [6.45, 7) is 2.76. The van der Waals surface area contributed by atoms with Gasteiger partial charge in [-0.2, -0.15) is 0 Å². The molecule has 0 bridgehead atoms. The molecule has 5 heteroatoms. The van der Waals surface area contributed by atoms with Crippen LogP contribution in [0.2, 0.25) is 0 Å². The molecule has 2 rings (SSSR count). The molecule has 0 radical (unpaired) electrons. The first kappa shape index (κ1) is 12.8. The van der Waals surface area contributed by atoms with E-state index < -0.39 is 11.6 Å². The van der Waals surface area contributed by atoms with Crippen LogP contribution in [-0.4, -0.2) is 19.6 Å². The van der Waals surface area contributed by atoms with Gasteiger partial charge in [0.05, 0.1) is 10.2 Å². The molecule has 1 aliphatic heterocycles. The van der Waals surface area contributed by atoms with Gasteiger partial charge in [0.2, 0.25) is 0 Å². The Bertz CT molecular complexity index is 392. The van der Waals surface area contributed by atoms with Crippen molar-refractivity contribution in [3.05, 3.63) is 28.2 Å². The van der Waals surface area contributed by atoms with E-state index in [9.17, 15) is 8.78 Å². The Balaban J connectivity index is 1.96. The standard InChI is InChI=1S/C12H15BrF2N2/c13-9-5-12(11(15)6-10(9)14)17-7-8-1-3-16-4-2-8/h5-6,8,16-17H,1-4,7H2. The molecule has 0 spiro atoms. The van der Waals surface area contributed by atoms with Gasteiger partial charge in [-0.05, 0) is 53.8 Å². The molecule has 1 aromatic rings. The van der Waals surface area contributed by atoms with Crippen LogP contribution in [0.25, 0.3) is 0 Å². The van der Waals surface area contributed by atoms with Crippen LogP contribution in [0.5, 0.6) is 0 Å². The van der Waals surface area contributed by atoms with E-state index in [1.807, 2.05) is 0 Å². The maximum Gasteiger partial charge on any atom is 0.149 e. The van der Waals surface area contributed by atoms with Crippen LogP contribution in [0.4, 0.5) is 14.5 Å². The lowest BCUT2D eigenvalue weighted by Gasteiger charge is -2.23. The van der Waals surface area contributed by atoms with Crippen molar-refractivity contribution in [2.45, 2.75) is 12.8 Å². The van der Waals surface area contributed by atoms with Gasteiger partial charge in [0.25, 0.3) is 0 Å². The molecular formula is C12H15BrF2N2. The molecule has 0 aliphatic carbocycles. The molecule has 17 heavy (non-hydrogen) atoms. The highest BCUT2D eigenvalue weighted by Gasteiger charge is 2.14. The summed E-state index contributed by atoms with van der Waals surface area (Å²) in [5.74, 6) is -0.561. The molecule has 0 amide bonds. The smallest absolute Gasteiger partial charge is 0.149 e. The maximum atomic E-state index is 13.4. The third-order valence-electron chi connectivity index (χ3n) is 3.05. The van der Waals surface area contributed by atoms with Crippen LogP contribution in [0.15, 0.2) is 16.6 Å². The SMILES string of the molecule is Fc1cc(F)c(NCC2CCNCC2)cc1Br. The molecule has 1 saturated heterocycles. The fourth-order valence-electron chi connectivity index (χ4n) is 2.00. The first-order chi connectivity index (χ1) is 8.16. The molecule has 0 aromatic heterocycles. The Morgan fingerprint density at radius 2 is 1.94 bits per heavy atom. The number of piperidine rings is 1. The summed E-state index contributed by atoms with van der Waals surface area (Å²) in [7, 11) is 0. The van der Waals surface area contributed by atoms with Gasteiger partial charge in [0.1, 0.15) is 11.6 Å². The Morgan fingerprint density at radius 3 is 2.65 bits per heavy atom. The lowest BCUT2D eigenvalue weighted by Crippen LogP contribution is -2.31. The molecule has 0 atom stereocenters.